The minimum Gasteiger partial charge on any atom is -0.340 e. The number of hydrogen-bond acceptors (Lipinski definition) is 6. The molecule has 1 aliphatic carbocycles. The van der Waals surface area contributed by atoms with E-state index in [1.807, 2.05) is 6.07 Å². The normalized spacial score (nSPS) is 12.8. The average Bonchev–Trinajstić information content (AvgIpc) is 2.94. The van der Waals surface area contributed by atoms with Gasteiger partial charge in [-0.05, 0) is 42.5 Å². The number of aromatic nitrogens is 1. The Balaban J connectivity index is 1.90. The first kappa shape index (κ1) is 13.3. The second-order valence-corrected chi connectivity index (χ2v) is 4.96. The number of nitrogens with zero attached hydrogens (tertiary/aromatic N) is 2. The van der Waals surface area contributed by atoms with Crippen LogP contribution in [0.1, 0.15) is 17.5 Å². The zero-order valence-corrected chi connectivity index (χ0v) is 11.3. The molecule has 0 spiro atoms. The molecule has 108 valence electrons. The highest BCUT2D eigenvalue weighted by molar-refractivity contribution is 5.63. The van der Waals surface area contributed by atoms with E-state index in [1.165, 1.54) is 29.7 Å². The van der Waals surface area contributed by atoms with Crippen LogP contribution in [0.15, 0.2) is 30.3 Å². The van der Waals surface area contributed by atoms with Crippen molar-refractivity contribution in [1.29, 1.82) is 0 Å². The minimum atomic E-state index is -0.476. The highest BCUT2D eigenvalue weighted by Crippen LogP contribution is 2.27. The predicted molar refractivity (Wildman–Crippen MR) is 80.5 cm³/mol. The number of nitrogens with one attached hydrogen (secondary N) is 2. The number of nitro groups is 1. The van der Waals surface area contributed by atoms with E-state index in [9.17, 15) is 10.1 Å². The van der Waals surface area contributed by atoms with E-state index < -0.39 is 4.92 Å². The highest BCUT2D eigenvalue weighted by atomic mass is 16.6. The van der Waals surface area contributed by atoms with E-state index in [0.29, 0.717) is 5.82 Å². The second-order valence-electron chi connectivity index (χ2n) is 4.96. The molecule has 1 aromatic heterocycles. The van der Waals surface area contributed by atoms with Crippen molar-refractivity contribution in [3.05, 3.63) is 51.6 Å². The van der Waals surface area contributed by atoms with Crippen molar-refractivity contribution in [2.75, 3.05) is 10.7 Å². The maximum atomic E-state index is 10.9. The number of pyridine rings is 1. The van der Waals surface area contributed by atoms with Crippen LogP contribution in [-0.2, 0) is 12.8 Å². The molecule has 0 atom stereocenters. The third-order valence-corrected chi connectivity index (χ3v) is 3.54. The van der Waals surface area contributed by atoms with Gasteiger partial charge in [0.1, 0.15) is 11.6 Å². The number of hydrogen-bond donors (Lipinski definition) is 3. The average molecular weight is 285 g/mol. The van der Waals surface area contributed by atoms with E-state index in [0.717, 1.165) is 18.5 Å². The Labute approximate surface area is 121 Å². The molecule has 21 heavy (non-hydrogen) atoms. The number of hydrazine groups is 1. The van der Waals surface area contributed by atoms with Gasteiger partial charge >= 0.3 is 0 Å². The van der Waals surface area contributed by atoms with Gasteiger partial charge in [-0.1, -0.05) is 6.07 Å². The monoisotopic (exact) mass is 285 g/mol. The van der Waals surface area contributed by atoms with Gasteiger partial charge in [0.25, 0.3) is 5.69 Å². The summed E-state index contributed by atoms with van der Waals surface area (Å²) in [5.41, 5.74) is 5.83. The Morgan fingerprint density at radius 3 is 2.67 bits per heavy atom. The number of aryl methyl sites for hydroxylation is 2. The molecular weight excluding hydrogens is 270 g/mol. The largest absolute Gasteiger partial charge is 0.340 e. The quantitative estimate of drug-likeness (QED) is 0.453. The van der Waals surface area contributed by atoms with E-state index in [4.69, 9.17) is 5.84 Å². The Kier molecular flexibility index (Phi) is 3.41. The molecule has 2 aromatic rings. The zero-order valence-electron chi connectivity index (χ0n) is 11.3. The lowest BCUT2D eigenvalue weighted by atomic mass is 10.1. The van der Waals surface area contributed by atoms with E-state index >= 15 is 0 Å². The number of rotatable bonds is 4. The van der Waals surface area contributed by atoms with Crippen LogP contribution in [0, 0.1) is 10.1 Å². The van der Waals surface area contributed by atoms with Crippen molar-refractivity contribution in [3.63, 3.8) is 0 Å². The molecule has 0 saturated carbocycles. The van der Waals surface area contributed by atoms with Gasteiger partial charge in [-0.25, -0.2) is 10.8 Å². The number of anilines is 3. The second kappa shape index (κ2) is 5.37. The van der Waals surface area contributed by atoms with Crippen LogP contribution in [0.2, 0.25) is 0 Å². The summed E-state index contributed by atoms with van der Waals surface area (Å²) in [7, 11) is 0. The lowest BCUT2D eigenvalue weighted by Crippen LogP contribution is -2.10. The van der Waals surface area contributed by atoms with Crippen LogP contribution >= 0.6 is 0 Å². The molecule has 0 amide bonds. The van der Waals surface area contributed by atoms with Crippen LogP contribution in [-0.4, -0.2) is 9.91 Å². The summed E-state index contributed by atoms with van der Waals surface area (Å²) in [6.07, 6.45) is 3.36. The van der Waals surface area contributed by atoms with Gasteiger partial charge in [-0.2, -0.15) is 0 Å². The Morgan fingerprint density at radius 1 is 1.14 bits per heavy atom. The first-order valence-electron chi connectivity index (χ1n) is 6.67. The molecule has 4 N–H and O–H groups in total. The Bertz CT molecular complexity index is 702. The fraction of sp³-hybridized carbons (Fsp3) is 0.214. The van der Waals surface area contributed by atoms with Gasteiger partial charge in [0.15, 0.2) is 0 Å². The van der Waals surface area contributed by atoms with E-state index in [2.05, 4.69) is 27.9 Å². The summed E-state index contributed by atoms with van der Waals surface area (Å²) in [4.78, 5) is 14.6. The van der Waals surface area contributed by atoms with Crippen LogP contribution in [0.25, 0.3) is 0 Å². The molecule has 1 aliphatic rings. The van der Waals surface area contributed by atoms with Crippen LogP contribution in [0.5, 0.6) is 0 Å². The third kappa shape index (κ3) is 2.77. The zero-order chi connectivity index (χ0) is 14.8. The molecule has 0 bridgehead atoms. The molecule has 0 saturated heterocycles. The summed E-state index contributed by atoms with van der Waals surface area (Å²) < 4.78 is 0. The van der Waals surface area contributed by atoms with Crippen molar-refractivity contribution in [2.45, 2.75) is 19.3 Å². The molecule has 1 heterocycles. The van der Waals surface area contributed by atoms with Gasteiger partial charge in [0, 0.05) is 5.69 Å². The molecule has 7 nitrogen and oxygen atoms in total. The lowest BCUT2D eigenvalue weighted by Gasteiger charge is -2.09. The van der Waals surface area contributed by atoms with Gasteiger partial charge in [0.05, 0.1) is 17.1 Å². The summed E-state index contributed by atoms with van der Waals surface area (Å²) in [5.74, 6) is 5.92. The SMILES string of the molecule is NNc1cc([N+](=O)[O-])cc(Nc2ccc3c(c2)CCC3)n1. The van der Waals surface area contributed by atoms with Crippen molar-refractivity contribution in [1.82, 2.24) is 4.98 Å². The fourth-order valence-electron chi connectivity index (χ4n) is 2.56. The molecule has 0 aliphatic heterocycles. The van der Waals surface area contributed by atoms with Crippen LogP contribution in [0.3, 0.4) is 0 Å². The predicted octanol–water partition coefficient (Wildman–Crippen LogP) is 2.51. The summed E-state index contributed by atoms with van der Waals surface area (Å²) in [6.45, 7) is 0. The smallest absolute Gasteiger partial charge is 0.276 e. The van der Waals surface area contributed by atoms with Gasteiger partial charge in [-0.3, -0.25) is 10.1 Å². The van der Waals surface area contributed by atoms with Crippen molar-refractivity contribution in [2.24, 2.45) is 5.84 Å². The first-order chi connectivity index (χ1) is 10.2. The molecule has 1 aromatic carbocycles. The number of benzene rings is 1. The number of fused-ring (bicyclic) bond motifs is 1. The van der Waals surface area contributed by atoms with E-state index in [1.54, 1.807) is 0 Å². The summed E-state index contributed by atoms with van der Waals surface area (Å²) in [5, 5.41) is 14.0. The molecular formula is C14H15N5O2. The molecule has 3 rings (SSSR count). The topological polar surface area (TPSA) is 106 Å². The number of nitrogen functional groups attached to an aromatic ring is 1. The maximum absolute atomic E-state index is 10.9. The summed E-state index contributed by atoms with van der Waals surface area (Å²) >= 11 is 0. The Morgan fingerprint density at radius 2 is 1.90 bits per heavy atom. The van der Waals surface area contributed by atoms with Gasteiger partial charge < -0.3 is 10.7 Å². The first-order valence-corrected chi connectivity index (χ1v) is 6.67. The van der Waals surface area contributed by atoms with Crippen molar-refractivity contribution < 1.29 is 4.92 Å². The van der Waals surface area contributed by atoms with Crippen molar-refractivity contribution in [3.8, 4) is 0 Å². The molecule has 7 heteroatoms. The van der Waals surface area contributed by atoms with Crippen LogP contribution < -0.4 is 16.6 Å². The summed E-state index contributed by atoms with van der Waals surface area (Å²) in [6, 6.07) is 8.78. The lowest BCUT2D eigenvalue weighted by molar-refractivity contribution is -0.384. The minimum absolute atomic E-state index is 0.0680. The Hall–Kier alpha value is -2.67. The molecule has 0 unspecified atom stereocenters. The van der Waals surface area contributed by atoms with Crippen LogP contribution in [0.4, 0.5) is 23.0 Å². The standard InChI is InChI=1S/C14H15N5O2/c15-18-14-8-12(19(20)21)7-13(17-14)16-11-5-4-9-2-1-3-10(9)6-11/h4-8H,1-3,15H2,(H2,16,17,18). The van der Waals surface area contributed by atoms with Crippen molar-refractivity contribution >= 4 is 23.0 Å². The molecule has 0 radical (unpaired) electrons. The maximum Gasteiger partial charge on any atom is 0.276 e. The fourth-order valence-corrected chi connectivity index (χ4v) is 2.56. The highest BCUT2D eigenvalue weighted by Gasteiger charge is 2.13. The third-order valence-electron chi connectivity index (χ3n) is 3.54. The van der Waals surface area contributed by atoms with Gasteiger partial charge in [0.2, 0.25) is 0 Å². The van der Waals surface area contributed by atoms with E-state index in [-0.39, 0.29) is 11.5 Å². The van der Waals surface area contributed by atoms with Gasteiger partial charge in [-0.15, -0.1) is 0 Å². The molecule has 0 fully saturated rings. The number of nitrogens with two attached hydrogens (primary N) is 1.